The molecule has 0 atom stereocenters. The summed E-state index contributed by atoms with van der Waals surface area (Å²) < 4.78 is 4.48. The summed E-state index contributed by atoms with van der Waals surface area (Å²) in [6.45, 7) is 12.7. The third-order valence-electron chi connectivity index (χ3n) is 3.32. The fourth-order valence-electron chi connectivity index (χ4n) is 0.874. The molecule has 0 fully saturated rings. The van der Waals surface area contributed by atoms with E-state index in [1.165, 1.54) is 19.4 Å². The summed E-state index contributed by atoms with van der Waals surface area (Å²) in [5, 5.41) is 0.342. The summed E-state index contributed by atoms with van der Waals surface area (Å²) in [7, 11) is -0.106. The Balaban J connectivity index is 0.000000396. The summed E-state index contributed by atoms with van der Waals surface area (Å²) in [5.74, 6) is -0.487. The van der Waals surface area contributed by atoms with Crippen LogP contribution in [0.5, 0.6) is 0 Å². The van der Waals surface area contributed by atoms with Gasteiger partial charge < -0.3 is 9.72 Å². The minimum Gasteiger partial charge on any atom is -0.465 e. The molecule has 20 heavy (non-hydrogen) atoms. The van der Waals surface area contributed by atoms with Crippen LogP contribution in [0.2, 0.25) is 18.1 Å². The molecule has 1 rings (SSSR count). The minimum atomic E-state index is -1.39. The van der Waals surface area contributed by atoms with E-state index >= 15 is 0 Å². The first-order valence-corrected chi connectivity index (χ1v) is 10.4. The monoisotopic (exact) mass is 317 g/mol. The molecule has 0 saturated heterocycles. The number of halogens is 1. The Morgan fingerprint density at radius 1 is 1.35 bits per heavy atom. The van der Waals surface area contributed by atoms with Crippen LogP contribution in [0.15, 0.2) is 17.1 Å². The van der Waals surface area contributed by atoms with Crippen LogP contribution < -0.4 is 5.56 Å². The Kier molecular flexibility index (Phi) is 6.70. The SMILES string of the molecule is CC(C)(C)[Si](C)(C)Cl.COC(=O)c1cc(=O)[nH]cc1C. The lowest BCUT2D eigenvalue weighted by Crippen LogP contribution is -2.29. The molecule has 4 nitrogen and oxygen atoms in total. The lowest BCUT2D eigenvalue weighted by Gasteiger charge is -2.29. The van der Waals surface area contributed by atoms with Gasteiger partial charge in [-0.3, -0.25) is 4.79 Å². The van der Waals surface area contributed by atoms with E-state index in [0.29, 0.717) is 16.2 Å². The topological polar surface area (TPSA) is 59.2 Å². The summed E-state index contributed by atoms with van der Waals surface area (Å²) in [5.41, 5.74) is 0.698. The standard InChI is InChI=1S/C8H9NO3.C6H15ClSi/c1-5-4-9-7(10)3-6(5)8(11)12-2;1-6(2,3)8(4,5)7/h3-4H,1-2H3,(H,9,10);1-5H3. The number of hydrogen-bond donors (Lipinski definition) is 1. The first-order chi connectivity index (χ1) is 8.90. The van der Waals surface area contributed by atoms with Crippen LogP contribution in [0.3, 0.4) is 0 Å². The van der Waals surface area contributed by atoms with Crippen molar-refractivity contribution in [3.8, 4) is 0 Å². The van der Waals surface area contributed by atoms with Gasteiger partial charge in [0.2, 0.25) is 5.56 Å². The number of aromatic amines is 1. The van der Waals surface area contributed by atoms with E-state index in [2.05, 4.69) is 43.6 Å². The van der Waals surface area contributed by atoms with Crippen LogP contribution in [0.1, 0.15) is 36.7 Å². The molecule has 114 valence electrons. The molecule has 0 aromatic carbocycles. The maximum absolute atomic E-state index is 11.0. The van der Waals surface area contributed by atoms with Crippen LogP contribution in [-0.4, -0.2) is 25.4 Å². The van der Waals surface area contributed by atoms with Crippen LogP contribution >= 0.6 is 11.1 Å². The van der Waals surface area contributed by atoms with Gasteiger partial charge in [0.15, 0.2) is 7.38 Å². The highest BCUT2D eigenvalue weighted by molar-refractivity contribution is 7.20. The van der Waals surface area contributed by atoms with Crippen molar-refractivity contribution < 1.29 is 9.53 Å². The third-order valence-corrected chi connectivity index (χ3v) is 8.59. The number of nitrogens with one attached hydrogen (secondary N) is 1. The van der Waals surface area contributed by atoms with E-state index in [1.807, 2.05) is 0 Å². The molecule has 0 aliphatic carbocycles. The Morgan fingerprint density at radius 2 is 1.80 bits per heavy atom. The third kappa shape index (κ3) is 5.92. The molecule has 1 aromatic rings. The van der Waals surface area contributed by atoms with Gasteiger partial charge in [-0.2, -0.15) is 11.1 Å². The quantitative estimate of drug-likeness (QED) is 0.488. The number of rotatable bonds is 1. The number of carbonyl (C=O) groups is 1. The Bertz CT molecular complexity index is 500. The summed E-state index contributed by atoms with van der Waals surface area (Å²) in [6.07, 6.45) is 1.48. The zero-order chi connectivity index (χ0) is 16.1. The highest BCUT2D eigenvalue weighted by atomic mass is 35.6. The van der Waals surface area contributed by atoms with Gasteiger partial charge in [0.05, 0.1) is 12.7 Å². The molecule has 0 amide bonds. The number of esters is 1. The average Bonchev–Trinajstić information content (AvgIpc) is 2.29. The average molecular weight is 318 g/mol. The van der Waals surface area contributed by atoms with E-state index < -0.39 is 13.4 Å². The summed E-state index contributed by atoms with van der Waals surface area (Å²) in [4.78, 5) is 24.3. The van der Waals surface area contributed by atoms with Gasteiger partial charge in [0.1, 0.15) is 0 Å². The Labute approximate surface area is 126 Å². The molecule has 0 spiro atoms. The molecule has 1 N–H and O–H groups in total. The van der Waals surface area contributed by atoms with Gasteiger partial charge in [0, 0.05) is 12.3 Å². The van der Waals surface area contributed by atoms with Crippen molar-refractivity contribution in [2.45, 2.75) is 45.8 Å². The summed E-state index contributed by atoms with van der Waals surface area (Å²) >= 11 is 6.15. The zero-order valence-electron chi connectivity index (χ0n) is 13.3. The van der Waals surface area contributed by atoms with Crippen LogP contribution in [0, 0.1) is 6.92 Å². The maximum atomic E-state index is 11.0. The number of methoxy groups -OCH3 is 1. The van der Waals surface area contributed by atoms with E-state index in [-0.39, 0.29) is 5.56 Å². The van der Waals surface area contributed by atoms with Crippen molar-refractivity contribution in [2.75, 3.05) is 7.11 Å². The molecule has 0 aliphatic rings. The first-order valence-electron chi connectivity index (χ1n) is 6.36. The van der Waals surface area contributed by atoms with Crippen molar-refractivity contribution in [3.63, 3.8) is 0 Å². The van der Waals surface area contributed by atoms with Gasteiger partial charge in [-0.25, -0.2) is 4.79 Å². The van der Waals surface area contributed by atoms with Gasteiger partial charge >= 0.3 is 5.97 Å². The van der Waals surface area contributed by atoms with E-state index in [4.69, 9.17) is 11.1 Å². The van der Waals surface area contributed by atoms with Crippen molar-refractivity contribution >= 4 is 24.4 Å². The molecular formula is C14H24ClNO3Si. The molecule has 0 radical (unpaired) electrons. The largest absolute Gasteiger partial charge is 0.465 e. The fourth-order valence-corrected chi connectivity index (χ4v) is 0.874. The number of aromatic nitrogens is 1. The second-order valence-corrected chi connectivity index (χ2v) is 13.4. The zero-order valence-corrected chi connectivity index (χ0v) is 15.0. The number of H-pyrrole nitrogens is 1. The molecule has 6 heteroatoms. The molecular weight excluding hydrogens is 294 g/mol. The highest BCUT2D eigenvalue weighted by Gasteiger charge is 2.32. The second-order valence-electron chi connectivity index (χ2n) is 6.11. The summed E-state index contributed by atoms with van der Waals surface area (Å²) in [6, 6.07) is 1.22. The predicted molar refractivity (Wildman–Crippen MR) is 86.2 cm³/mol. The van der Waals surface area contributed by atoms with Crippen molar-refractivity contribution in [3.05, 3.63) is 33.7 Å². The smallest absolute Gasteiger partial charge is 0.338 e. The van der Waals surface area contributed by atoms with Gasteiger partial charge in [-0.1, -0.05) is 33.9 Å². The molecule has 0 aliphatic heterocycles. The highest BCUT2D eigenvalue weighted by Crippen LogP contribution is 2.38. The van der Waals surface area contributed by atoms with E-state index in [9.17, 15) is 9.59 Å². The Hall–Kier alpha value is -1.07. The van der Waals surface area contributed by atoms with Crippen molar-refractivity contribution in [1.29, 1.82) is 0 Å². The normalized spacial score (nSPS) is 11.4. The number of carbonyl (C=O) groups excluding carboxylic acids is 1. The van der Waals surface area contributed by atoms with Crippen molar-refractivity contribution in [2.24, 2.45) is 0 Å². The van der Waals surface area contributed by atoms with E-state index in [1.54, 1.807) is 6.92 Å². The first kappa shape index (κ1) is 18.9. The minimum absolute atomic E-state index is 0.305. The van der Waals surface area contributed by atoms with Gasteiger partial charge in [0.25, 0.3) is 0 Å². The molecule has 0 bridgehead atoms. The van der Waals surface area contributed by atoms with Gasteiger partial charge in [-0.05, 0) is 17.5 Å². The number of ether oxygens (including phenoxy) is 1. The number of hydrogen-bond acceptors (Lipinski definition) is 3. The molecule has 0 saturated carbocycles. The number of pyridine rings is 1. The molecule has 1 aromatic heterocycles. The van der Waals surface area contributed by atoms with Gasteiger partial charge in [-0.15, -0.1) is 0 Å². The molecule has 1 heterocycles. The lowest BCUT2D eigenvalue weighted by atomic mass is 10.2. The van der Waals surface area contributed by atoms with Crippen LogP contribution in [0.25, 0.3) is 0 Å². The lowest BCUT2D eigenvalue weighted by molar-refractivity contribution is 0.0599. The number of aryl methyl sites for hydroxylation is 1. The van der Waals surface area contributed by atoms with Crippen molar-refractivity contribution in [1.82, 2.24) is 4.98 Å². The van der Waals surface area contributed by atoms with E-state index in [0.717, 1.165) is 0 Å². The van der Waals surface area contributed by atoms with Crippen LogP contribution in [-0.2, 0) is 4.74 Å². The van der Waals surface area contributed by atoms with Crippen LogP contribution in [0.4, 0.5) is 0 Å². The maximum Gasteiger partial charge on any atom is 0.338 e. The second kappa shape index (κ2) is 7.08. The Morgan fingerprint density at radius 3 is 2.15 bits per heavy atom. The fraction of sp³-hybridized carbons (Fsp3) is 0.571. The predicted octanol–water partition coefficient (Wildman–Crippen LogP) is 3.70. The molecule has 0 unspecified atom stereocenters.